The second-order valence-corrected chi connectivity index (χ2v) is 7.89. The summed E-state index contributed by atoms with van der Waals surface area (Å²) in [5.74, 6) is 0.444. The normalized spacial score (nSPS) is 19.7. The summed E-state index contributed by atoms with van der Waals surface area (Å²) in [6, 6.07) is 12.3. The molecule has 2 N–H and O–H groups in total. The molecule has 7 heteroatoms. The van der Waals surface area contributed by atoms with Crippen LogP contribution in [0.15, 0.2) is 47.4 Å². The molecule has 27 heavy (non-hydrogen) atoms. The highest BCUT2D eigenvalue weighted by Gasteiger charge is 2.37. The monoisotopic (exact) mass is 388 g/mol. The first kappa shape index (κ1) is 19.5. The van der Waals surface area contributed by atoms with Gasteiger partial charge >= 0.3 is 0 Å². The van der Waals surface area contributed by atoms with Crippen LogP contribution in [0.2, 0.25) is 0 Å². The second-order valence-electron chi connectivity index (χ2n) is 6.70. The lowest BCUT2D eigenvalue weighted by Gasteiger charge is -2.26. The van der Waals surface area contributed by atoms with Crippen LogP contribution in [0.4, 0.5) is 5.69 Å². The fourth-order valence-corrected chi connectivity index (χ4v) is 4.25. The molecule has 1 aliphatic heterocycles. The van der Waals surface area contributed by atoms with Crippen molar-refractivity contribution < 1.29 is 19.7 Å². The van der Waals surface area contributed by atoms with Crippen molar-refractivity contribution in [3.63, 3.8) is 0 Å². The average Bonchev–Trinajstić information content (AvgIpc) is 2.75. The lowest BCUT2D eigenvalue weighted by atomic mass is 10.1. The number of amides is 1. The maximum atomic E-state index is 13.1. The van der Waals surface area contributed by atoms with Crippen molar-refractivity contribution in [1.82, 2.24) is 4.90 Å². The minimum Gasteiger partial charge on any atom is -0.508 e. The summed E-state index contributed by atoms with van der Waals surface area (Å²) in [5, 5.41) is 20.3. The van der Waals surface area contributed by atoms with E-state index in [1.165, 1.54) is 11.8 Å². The summed E-state index contributed by atoms with van der Waals surface area (Å²) in [5.41, 5.74) is 1.47. The summed E-state index contributed by atoms with van der Waals surface area (Å²) in [6.45, 7) is 1.07. The van der Waals surface area contributed by atoms with Crippen molar-refractivity contribution in [1.29, 1.82) is 0 Å². The first-order valence-corrected chi connectivity index (χ1v) is 9.56. The Morgan fingerprint density at radius 3 is 2.52 bits per heavy atom. The number of ether oxygens (including phenoxy) is 1. The van der Waals surface area contributed by atoms with Gasteiger partial charge < -0.3 is 24.7 Å². The van der Waals surface area contributed by atoms with E-state index in [-0.39, 0.29) is 11.7 Å². The quantitative estimate of drug-likeness (QED) is 0.820. The van der Waals surface area contributed by atoms with Crippen LogP contribution in [0.5, 0.6) is 11.5 Å². The number of aliphatic hydroxyl groups is 1. The summed E-state index contributed by atoms with van der Waals surface area (Å²) < 4.78 is 5.19. The zero-order valence-corrected chi connectivity index (χ0v) is 16.4. The maximum Gasteiger partial charge on any atom is 0.257 e. The van der Waals surface area contributed by atoms with E-state index >= 15 is 0 Å². The number of nitrogens with zero attached hydrogens (tertiary/aromatic N) is 2. The standard InChI is InChI=1S/C20H24N2O4S/c1-21(2)10-11-22-16-12-14(23)6-9-17(16)27-19(18(24)20(22)25)13-4-7-15(26-3)8-5-13/h4-9,12,18-19,23-24H,10-11H2,1-3H3/t18-,19+/m1/s1. The summed E-state index contributed by atoms with van der Waals surface area (Å²) in [7, 11) is 5.45. The number of fused-ring (bicyclic) bond motifs is 1. The number of hydrogen-bond donors (Lipinski definition) is 2. The van der Waals surface area contributed by atoms with Crippen molar-refractivity contribution in [2.45, 2.75) is 16.2 Å². The molecule has 0 saturated carbocycles. The number of thioether (sulfide) groups is 1. The highest BCUT2D eigenvalue weighted by atomic mass is 32.2. The molecule has 2 aromatic carbocycles. The molecule has 0 aromatic heterocycles. The number of aromatic hydroxyl groups is 1. The predicted octanol–water partition coefficient (Wildman–Crippen LogP) is 2.50. The number of hydrogen-bond acceptors (Lipinski definition) is 6. The molecular formula is C20H24N2O4S. The van der Waals surface area contributed by atoms with Gasteiger partial charge in [-0.05, 0) is 43.9 Å². The van der Waals surface area contributed by atoms with E-state index in [1.807, 2.05) is 43.3 Å². The predicted molar refractivity (Wildman–Crippen MR) is 107 cm³/mol. The van der Waals surface area contributed by atoms with E-state index in [0.717, 1.165) is 16.2 Å². The van der Waals surface area contributed by atoms with Crippen molar-refractivity contribution in [3.05, 3.63) is 48.0 Å². The number of carbonyl (C=O) groups is 1. The van der Waals surface area contributed by atoms with Crippen molar-refractivity contribution in [2.75, 3.05) is 39.2 Å². The molecule has 2 aromatic rings. The fourth-order valence-electron chi connectivity index (χ4n) is 3.00. The number of likely N-dealkylation sites (N-methyl/N-ethyl adjacent to an activating group) is 1. The van der Waals surface area contributed by atoms with Gasteiger partial charge in [-0.2, -0.15) is 0 Å². The van der Waals surface area contributed by atoms with Crippen LogP contribution in [0, 0.1) is 0 Å². The van der Waals surface area contributed by atoms with E-state index in [0.29, 0.717) is 18.8 Å². The van der Waals surface area contributed by atoms with Crippen LogP contribution in [-0.2, 0) is 4.79 Å². The largest absolute Gasteiger partial charge is 0.508 e. The molecule has 0 unspecified atom stereocenters. The Morgan fingerprint density at radius 2 is 1.89 bits per heavy atom. The third-order valence-electron chi connectivity index (χ3n) is 4.51. The third-order valence-corrected chi connectivity index (χ3v) is 5.89. The number of phenolic OH excluding ortho intramolecular Hbond substituents is 1. The number of rotatable bonds is 5. The third kappa shape index (κ3) is 4.21. The van der Waals surface area contributed by atoms with Gasteiger partial charge in [0.15, 0.2) is 0 Å². The Kier molecular flexibility index (Phi) is 5.94. The molecule has 0 bridgehead atoms. The summed E-state index contributed by atoms with van der Waals surface area (Å²) >= 11 is 1.42. The van der Waals surface area contributed by atoms with Crippen LogP contribution in [0.25, 0.3) is 0 Å². The minimum atomic E-state index is -1.19. The molecule has 1 amide bonds. The summed E-state index contributed by atoms with van der Waals surface area (Å²) in [4.78, 5) is 17.5. The second kappa shape index (κ2) is 8.21. The van der Waals surface area contributed by atoms with Gasteiger partial charge in [-0.1, -0.05) is 12.1 Å². The van der Waals surface area contributed by atoms with Crippen LogP contribution in [0.1, 0.15) is 10.8 Å². The number of aliphatic hydroxyl groups excluding tert-OH is 1. The smallest absolute Gasteiger partial charge is 0.257 e. The van der Waals surface area contributed by atoms with Gasteiger partial charge in [0.25, 0.3) is 5.91 Å². The van der Waals surface area contributed by atoms with Crippen molar-refractivity contribution >= 4 is 23.4 Å². The van der Waals surface area contributed by atoms with Crippen LogP contribution in [-0.4, -0.2) is 61.4 Å². The van der Waals surface area contributed by atoms with E-state index in [9.17, 15) is 15.0 Å². The molecule has 0 spiro atoms. The molecule has 0 radical (unpaired) electrons. The lowest BCUT2D eigenvalue weighted by Crippen LogP contribution is -2.43. The first-order chi connectivity index (χ1) is 12.9. The van der Waals surface area contributed by atoms with E-state index < -0.39 is 11.4 Å². The Hall–Kier alpha value is -2.22. The summed E-state index contributed by atoms with van der Waals surface area (Å²) in [6.07, 6.45) is -1.19. The SMILES string of the molecule is COc1ccc([C@@H]2Sc3ccc(O)cc3N(CCN(C)C)C(=O)[C@@H]2O)cc1. The van der Waals surface area contributed by atoms with Gasteiger partial charge in [0.1, 0.15) is 17.6 Å². The Bertz CT molecular complexity index is 810. The van der Waals surface area contributed by atoms with Gasteiger partial charge in [-0.15, -0.1) is 11.8 Å². The van der Waals surface area contributed by atoms with Gasteiger partial charge in [0.05, 0.1) is 18.0 Å². The highest BCUT2D eigenvalue weighted by Crippen LogP contribution is 2.46. The van der Waals surface area contributed by atoms with Gasteiger partial charge in [0.2, 0.25) is 0 Å². The van der Waals surface area contributed by atoms with E-state index in [4.69, 9.17) is 4.74 Å². The molecule has 0 fully saturated rings. The number of anilines is 1. The molecule has 6 nitrogen and oxygen atoms in total. The molecule has 1 heterocycles. The van der Waals surface area contributed by atoms with Crippen LogP contribution >= 0.6 is 11.8 Å². The van der Waals surface area contributed by atoms with Gasteiger partial charge in [0, 0.05) is 24.1 Å². The lowest BCUT2D eigenvalue weighted by molar-refractivity contribution is -0.126. The zero-order chi connectivity index (χ0) is 19.6. The number of carbonyl (C=O) groups excluding carboxylic acids is 1. The molecule has 144 valence electrons. The molecule has 0 aliphatic carbocycles. The Morgan fingerprint density at radius 1 is 1.19 bits per heavy atom. The van der Waals surface area contributed by atoms with E-state index in [2.05, 4.69) is 0 Å². The first-order valence-electron chi connectivity index (χ1n) is 8.68. The number of methoxy groups -OCH3 is 1. The van der Waals surface area contributed by atoms with Crippen molar-refractivity contribution in [3.8, 4) is 11.5 Å². The molecule has 1 aliphatic rings. The zero-order valence-electron chi connectivity index (χ0n) is 15.6. The molecular weight excluding hydrogens is 364 g/mol. The molecule has 3 rings (SSSR count). The fraction of sp³-hybridized carbons (Fsp3) is 0.350. The maximum absolute atomic E-state index is 13.1. The van der Waals surface area contributed by atoms with Crippen molar-refractivity contribution in [2.24, 2.45) is 0 Å². The van der Waals surface area contributed by atoms with Crippen LogP contribution < -0.4 is 9.64 Å². The molecule has 0 saturated heterocycles. The average molecular weight is 388 g/mol. The Labute approximate surface area is 163 Å². The van der Waals surface area contributed by atoms with E-state index in [1.54, 1.807) is 30.2 Å². The van der Waals surface area contributed by atoms with Crippen LogP contribution in [0.3, 0.4) is 0 Å². The highest BCUT2D eigenvalue weighted by molar-refractivity contribution is 7.99. The Balaban J connectivity index is 2.00. The van der Waals surface area contributed by atoms with Gasteiger partial charge in [-0.3, -0.25) is 4.79 Å². The van der Waals surface area contributed by atoms with Gasteiger partial charge in [-0.25, -0.2) is 0 Å². The molecule has 2 atom stereocenters. The minimum absolute atomic E-state index is 0.0920. The topological polar surface area (TPSA) is 73.2 Å². The number of phenols is 1. The number of benzene rings is 2.